The smallest absolute Gasteiger partial charge is 0.125 e. The van der Waals surface area contributed by atoms with Gasteiger partial charge in [-0.15, -0.1) is 0 Å². The van der Waals surface area contributed by atoms with Gasteiger partial charge in [-0.3, -0.25) is 5.10 Å². The molecule has 0 amide bonds. The molecule has 1 heterocycles. The van der Waals surface area contributed by atoms with Gasteiger partial charge in [0.05, 0.1) is 24.2 Å². The van der Waals surface area contributed by atoms with E-state index in [0.29, 0.717) is 11.6 Å². The number of nitrogens with zero attached hydrogens (tertiary/aromatic N) is 1. The van der Waals surface area contributed by atoms with Crippen LogP contribution in [0.4, 0.5) is 5.69 Å². The van der Waals surface area contributed by atoms with Crippen molar-refractivity contribution in [2.24, 2.45) is 0 Å². The molecule has 0 radical (unpaired) electrons. The average molecular weight is 266 g/mol. The number of hydrogen-bond acceptors (Lipinski definition) is 3. The summed E-state index contributed by atoms with van der Waals surface area (Å²) in [6, 6.07) is 5.63. The molecule has 2 rings (SSSR count). The molecule has 0 spiro atoms. The van der Waals surface area contributed by atoms with Gasteiger partial charge in [-0.1, -0.05) is 17.7 Å². The number of methoxy groups -OCH3 is 1. The Morgan fingerprint density at radius 2 is 2.17 bits per heavy atom. The van der Waals surface area contributed by atoms with Crippen LogP contribution in [0.15, 0.2) is 18.2 Å². The predicted octanol–water partition coefficient (Wildman–Crippen LogP) is 3.30. The fraction of sp³-hybridized carbons (Fsp3) is 0.308. The number of halogens is 1. The number of aryl methyl sites for hydroxylation is 2. The minimum atomic E-state index is 0.601. The quantitative estimate of drug-likeness (QED) is 0.892. The van der Waals surface area contributed by atoms with Gasteiger partial charge in [-0.25, -0.2) is 0 Å². The van der Waals surface area contributed by atoms with Gasteiger partial charge in [0.25, 0.3) is 0 Å². The van der Waals surface area contributed by atoms with Crippen LogP contribution in [-0.4, -0.2) is 17.3 Å². The van der Waals surface area contributed by atoms with Gasteiger partial charge in [0, 0.05) is 17.1 Å². The Labute approximate surface area is 111 Å². The van der Waals surface area contributed by atoms with Crippen molar-refractivity contribution in [1.29, 1.82) is 0 Å². The third-order valence-electron chi connectivity index (χ3n) is 2.87. The Balaban J connectivity index is 2.20. The van der Waals surface area contributed by atoms with Crippen LogP contribution in [0.2, 0.25) is 5.02 Å². The lowest BCUT2D eigenvalue weighted by Gasteiger charge is -2.12. The van der Waals surface area contributed by atoms with Crippen LogP contribution < -0.4 is 10.1 Å². The molecule has 0 atom stereocenters. The first-order chi connectivity index (χ1) is 8.63. The molecule has 0 saturated heterocycles. The largest absolute Gasteiger partial charge is 0.496 e. The molecule has 0 bridgehead atoms. The van der Waals surface area contributed by atoms with Crippen LogP contribution in [0.25, 0.3) is 0 Å². The van der Waals surface area contributed by atoms with E-state index in [9.17, 15) is 0 Å². The minimum absolute atomic E-state index is 0.601. The van der Waals surface area contributed by atoms with Crippen molar-refractivity contribution < 1.29 is 4.74 Å². The number of rotatable bonds is 4. The molecule has 0 unspecified atom stereocenters. The van der Waals surface area contributed by atoms with Crippen molar-refractivity contribution in [3.05, 3.63) is 40.2 Å². The molecule has 4 nitrogen and oxygen atoms in total. The van der Waals surface area contributed by atoms with Crippen molar-refractivity contribution in [3.8, 4) is 5.75 Å². The summed E-state index contributed by atoms with van der Waals surface area (Å²) in [5, 5.41) is 11.1. The highest BCUT2D eigenvalue weighted by atomic mass is 35.5. The lowest BCUT2D eigenvalue weighted by Crippen LogP contribution is -2.03. The molecule has 0 aliphatic heterocycles. The SMILES string of the molecule is COc1cccc(Cl)c1CNc1c(C)n[nH]c1C. The number of aromatic amines is 1. The summed E-state index contributed by atoms with van der Waals surface area (Å²) in [6.07, 6.45) is 0. The Morgan fingerprint density at radius 3 is 2.78 bits per heavy atom. The topological polar surface area (TPSA) is 49.9 Å². The summed E-state index contributed by atoms with van der Waals surface area (Å²) in [6.45, 7) is 4.53. The number of nitrogens with one attached hydrogen (secondary N) is 2. The number of H-pyrrole nitrogens is 1. The maximum absolute atomic E-state index is 6.18. The van der Waals surface area contributed by atoms with Crippen LogP contribution in [0.5, 0.6) is 5.75 Å². The highest BCUT2D eigenvalue weighted by molar-refractivity contribution is 6.31. The Hall–Kier alpha value is -1.68. The molecular formula is C13H16ClN3O. The maximum atomic E-state index is 6.18. The Bertz CT molecular complexity index is 532. The first kappa shape index (κ1) is 12.8. The molecular weight excluding hydrogens is 250 g/mol. The zero-order chi connectivity index (χ0) is 13.1. The van der Waals surface area contributed by atoms with E-state index in [1.54, 1.807) is 7.11 Å². The number of benzene rings is 1. The summed E-state index contributed by atoms with van der Waals surface area (Å²) >= 11 is 6.18. The highest BCUT2D eigenvalue weighted by Crippen LogP contribution is 2.27. The van der Waals surface area contributed by atoms with Crippen LogP contribution in [0, 0.1) is 13.8 Å². The van der Waals surface area contributed by atoms with Crippen molar-refractivity contribution in [3.63, 3.8) is 0 Å². The molecule has 0 saturated carbocycles. The lowest BCUT2D eigenvalue weighted by molar-refractivity contribution is 0.410. The zero-order valence-electron chi connectivity index (χ0n) is 10.7. The molecule has 18 heavy (non-hydrogen) atoms. The van der Waals surface area contributed by atoms with Crippen molar-refractivity contribution >= 4 is 17.3 Å². The average Bonchev–Trinajstić information content (AvgIpc) is 2.68. The summed E-state index contributed by atoms with van der Waals surface area (Å²) in [4.78, 5) is 0. The monoisotopic (exact) mass is 265 g/mol. The van der Waals surface area contributed by atoms with Gasteiger partial charge in [-0.05, 0) is 26.0 Å². The number of anilines is 1. The summed E-state index contributed by atoms with van der Waals surface area (Å²) in [5.74, 6) is 0.786. The predicted molar refractivity (Wildman–Crippen MR) is 73.4 cm³/mol. The van der Waals surface area contributed by atoms with E-state index < -0.39 is 0 Å². The molecule has 0 aliphatic carbocycles. The molecule has 1 aromatic heterocycles. The molecule has 2 N–H and O–H groups in total. The molecule has 2 aromatic rings. The second-order valence-corrected chi connectivity index (χ2v) is 4.49. The van der Waals surface area contributed by atoms with Gasteiger partial charge in [-0.2, -0.15) is 5.10 Å². The number of hydrogen-bond donors (Lipinski definition) is 2. The molecule has 5 heteroatoms. The van der Waals surface area contributed by atoms with E-state index in [4.69, 9.17) is 16.3 Å². The summed E-state index contributed by atoms with van der Waals surface area (Å²) in [7, 11) is 1.64. The Morgan fingerprint density at radius 1 is 1.39 bits per heavy atom. The third-order valence-corrected chi connectivity index (χ3v) is 3.22. The minimum Gasteiger partial charge on any atom is -0.496 e. The highest BCUT2D eigenvalue weighted by Gasteiger charge is 2.10. The van der Waals surface area contributed by atoms with Crippen molar-refractivity contribution in [2.75, 3.05) is 12.4 Å². The fourth-order valence-corrected chi connectivity index (χ4v) is 2.12. The standard InChI is InChI=1S/C13H16ClN3O/c1-8-13(9(2)17-16-8)15-7-10-11(14)5-4-6-12(10)18-3/h4-6,15H,7H2,1-3H3,(H,16,17). The van der Waals surface area contributed by atoms with E-state index >= 15 is 0 Å². The van der Waals surface area contributed by atoms with E-state index in [1.807, 2.05) is 32.0 Å². The first-order valence-electron chi connectivity index (χ1n) is 5.70. The fourth-order valence-electron chi connectivity index (χ4n) is 1.89. The van der Waals surface area contributed by atoms with Gasteiger partial charge in [0.2, 0.25) is 0 Å². The van der Waals surface area contributed by atoms with Crippen LogP contribution in [0.1, 0.15) is 17.0 Å². The van der Waals surface area contributed by atoms with Crippen LogP contribution in [-0.2, 0) is 6.54 Å². The van der Waals surface area contributed by atoms with E-state index in [0.717, 1.165) is 28.4 Å². The first-order valence-corrected chi connectivity index (χ1v) is 6.08. The third kappa shape index (κ3) is 2.43. The van der Waals surface area contributed by atoms with Crippen LogP contribution >= 0.6 is 11.6 Å². The molecule has 0 fully saturated rings. The van der Waals surface area contributed by atoms with Gasteiger partial charge in [0.15, 0.2) is 0 Å². The van der Waals surface area contributed by atoms with E-state index in [2.05, 4.69) is 15.5 Å². The van der Waals surface area contributed by atoms with Crippen molar-refractivity contribution in [2.45, 2.75) is 20.4 Å². The number of aromatic nitrogens is 2. The summed E-state index contributed by atoms with van der Waals surface area (Å²) in [5.41, 5.74) is 3.91. The van der Waals surface area contributed by atoms with Gasteiger partial charge in [0.1, 0.15) is 5.75 Å². The number of ether oxygens (including phenoxy) is 1. The zero-order valence-corrected chi connectivity index (χ0v) is 11.4. The molecule has 0 aliphatic rings. The van der Waals surface area contributed by atoms with E-state index in [-0.39, 0.29) is 0 Å². The van der Waals surface area contributed by atoms with Gasteiger partial charge >= 0.3 is 0 Å². The molecule has 96 valence electrons. The van der Waals surface area contributed by atoms with Gasteiger partial charge < -0.3 is 10.1 Å². The Kier molecular flexibility index (Phi) is 3.77. The summed E-state index contributed by atoms with van der Waals surface area (Å²) < 4.78 is 5.31. The van der Waals surface area contributed by atoms with Crippen molar-refractivity contribution in [1.82, 2.24) is 10.2 Å². The van der Waals surface area contributed by atoms with Crippen LogP contribution in [0.3, 0.4) is 0 Å². The second-order valence-electron chi connectivity index (χ2n) is 4.08. The molecule has 1 aromatic carbocycles. The lowest BCUT2D eigenvalue weighted by atomic mass is 10.2. The normalized spacial score (nSPS) is 10.4. The maximum Gasteiger partial charge on any atom is 0.125 e. The second kappa shape index (κ2) is 5.31. The van der Waals surface area contributed by atoms with E-state index in [1.165, 1.54) is 0 Å².